The third kappa shape index (κ3) is 3.34. The number of carbonyl (C=O) groups is 1. The van der Waals surface area contributed by atoms with Gasteiger partial charge in [0.15, 0.2) is 5.69 Å². The van der Waals surface area contributed by atoms with Crippen LogP contribution in [-0.2, 0) is 0 Å². The first-order chi connectivity index (χ1) is 11.0. The molecule has 3 rings (SSSR count). The highest BCUT2D eigenvalue weighted by Gasteiger charge is 2.17. The number of aryl methyl sites for hydroxylation is 1. The van der Waals surface area contributed by atoms with Gasteiger partial charge in [0.25, 0.3) is 5.91 Å². The summed E-state index contributed by atoms with van der Waals surface area (Å²) >= 11 is 0. The van der Waals surface area contributed by atoms with Gasteiger partial charge in [0, 0.05) is 37.4 Å². The van der Waals surface area contributed by atoms with Crippen LogP contribution in [-0.4, -0.2) is 59.2 Å². The monoisotopic (exact) mass is 314 g/mol. The Morgan fingerprint density at radius 3 is 2.52 bits per heavy atom. The summed E-state index contributed by atoms with van der Waals surface area (Å²) in [6, 6.07) is 3.83. The number of rotatable bonds is 3. The molecular formula is C16H22N6O. The van der Waals surface area contributed by atoms with Crippen LogP contribution in [0.25, 0.3) is 0 Å². The fraction of sp³-hybridized carbons (Fsp3) is 0.438. The van der Waals surface area contributed by atoms with E-state index in [0.717, 1.165) is 43.3 Å². The summed E-state index contributed by atoms with van der Waals surface area (Å²) < 4.78 is 0. The van der Waals surface area contributed by atoms with Crippen LogP contribution >= 0.6 is 0 Å². The highest BCUT2D eigenvalue weighted by Crippen LogP contribution is 2.17. The minimum absolute atomic E-state index is 0.221. The second-order valence-electron chi connectivity index (χ2n) is 5.97. The lowest BCUT2D eigenvalue weighted by Crippen LogP contribution is -2.44. The normalized spacial score (nSPS) is 15.7. The molecule has 0 aromatic carbocycles. The fourth-order valence-electron chi connectivity index (χ4n) is 2.58. The van der Waals surface area contributed by atoms with Gasteiger partial charge >= 0.3 is 0 Å². The van der Waals surface area contributed by atoms with Gasteiger partial charge in [-0.25, -0.2) is 4.98 Å². The van der Waals surface area contributed by atoms with E-state index < -0.39 is 0 Å². The molecule has 1 aliphatic heterocycles. The first-order valence-electron chi connectivity index (χ1n) is 7.77. The number of amides is 1. The predicted octanol–water partition coefficient (Wildman–Crippen LogP) is 1.43. The number of piperazine rings is 1. The molecule has 0 radical (unpaired) electrons. The number of aromatic nitrogens is 3. The zero-order valence-electron chi connectivity index (χ0n) is 13.8. The summed E-state index contributed by atoms with van der Waals surface area (Å²) in [5, 5.41) is 9.70. The van der Waals surface area contributed by atoms with Crippen LogP contribution in [0.5, 0.6) is 0 Å². The molecule has 7 nitrogen and oxygen atoms in total. The summed E-state index contributed by atoms with van der Waals surface area (Å²) in [6.45, 7) is 7.80. The molecule has 1 aliphatic rings. The molecule has 0 atom stereocenters. The number of H-pyrrole nitrogens is 1. The number of likely N-dealkylation sites (N-methyl/N-ethyl adjacent to an activating group) is 1. The van der Waals surface area contributed by atoms with Crippen molar-refractivity contribution >= 4 is 17.4 Å². The van der Waals surface area contributed by atoms with Crippen molar-refractivity contribution in [2.75, 3.05) is 43.4 Å². The molecule has 23 heavy (non-hydrogen) atoms. The molecule has 1 fully saturated rings. The highest BCUT2D eigenvalue weighted by atomic mass is 16.1. The van der Waals surface area contributed by atoms with Gasteiger partial charge in [-0.05, 0) is 33.0 Å². The maximum atomic E-state index is 12.2. The summed E-state index contributed by atoms with van der Waals surface area (Å²) in [6.07, 6.45) is 1.69. The maximum Gasteiger partial charge on any atom is 0.276 e. The van der Waals surface area contributed by atoms with E-state index in [2.05, 4.69) is 37.3 Å². The number of aromatic amines is 1. The van der Waals surface area contributed by atoms with Crippen molar-refractivity contribution in [3.63, 3.8) is 0 Å². The van der Waals surface area contributed by atoms with Gasteiger partial charge < -0.3 is 15.1 Å². The van der Waals surface area contributed by atoms with Crippen LogP contribution in [0.4, 0.5) is 11.5 Å². The van der Waals surface area contributed by atoms with Crippen LogP contribution in [0.1, 0.15) is 21.7 Å². The Bertz CT molecular complexity index is 685. The van der Waals surface area contributed by atoms with Crippen LogP contribution in [0, 0.1) is 13.8 Å². The average Bonchev–Trinajstić information content (AvgIpc) is 2.89. The molecule has 1 amide bonds. The number of hydrogen-bond acceptors (Lipinski definition) is 5. The van der Waals surface area contributed by atoms with Crippen molar-refractivity contribution in [1.82, 2.24) is 20.1 Å². The average molecular weight is 314 g/mol. The van der Waals surface area contributed by atoms with Crippen molar-refractivity contribution < 1.29 is 4.79 Å². The minimum Gasteiger partial charge on any atom is -0.354 e. The summed E-state index contributed by atoms with van der Waals surface area (Å²) in [5.74, 6) is 0.726. The van der Waals surface area contributed by atoms with E-state index in [4.69, 9.17) is 0 Å². The first-order valence-corrected chi connectivity index (χ1v) is 7.77. The van der Waals surface area contributed by atoms with E-state index in [0.29, 0.717) is 11.4 Å². The van der Waals surface area contributed by atoms with Gasteiger partial charge in [0.2, 0.25) is 0 Å². The highest BCUT2D eigenvalue weighted by molar-refractivity contribution is 6.03. The van der Waals surface area contributed by atoms with Gasteiger partial charge in [-0.1, -0.05) is 0 Å². The van der Waals surface area contributed by atoms with Crippen LogP contribution in [0.2, 0.25) is 0 Å². The van der Waals surface area contributed by atoms with Crippen LogP contribution in [0.3, 0.4) is 0 Å². The lowest BCUT2D eigenvalue weighted by Gasteiger charge is -2.33. The van der Waals surface area contributed by atoms with E-state index in [1.165, 1.54) is 0 Å². The van der Waals surface area contributed by atoms with E-state index in [1.807, 2.05) is 26.0 Å². The number of nitrogens with zero attached hydrogens (tertiary/aromatic N) is 4. The molecule has 0 bridgehead atoms. The molecule has 2 aromatic heterocycles. The van der Waals surface area contributed by atoms with Crippen molar-refractivity contribution in [2.24, 2.45) is 0 Å². The molecule has 0 saturated carbocycles. The second kappa shape index (κ2) is 6.37. The third-order valence-electron chi connectivity index (χ3n) is 4.30. The lowest BCUT2D eigenvalue weighted by molar-refractivity contribution is 0.102. The molecular weight excluding hydrogens is 292 g/mol. The zero-order valence-corrected chi connectivity index (χ0v) is 13.8. The van der Waals surface area contributed by atoms with E-state index in [1.54, 1.807) is 6.20 Å². The Balaban J connectivity index is 1.65. The molecule has 0 aliphatic carbocycles. The Labute approximate surface area is 135 Å². The fourth-order valence-corrected chi connectivity index (χ4v) is 2.58. The molecule has 122 valence electrons. The Morgan fingerprint density at radius 1 is 1.22 bits per heavy atom. The van der Waals surface area contributed by atoms with Crippen LogP contribution in [0.15, 0.2) is 18.3 Å². The van der Waals surface area contributed by atoms with Gasteiger partial charge in [-0.15, -0.1) is 0 Å². The van der Waals surface area contributed by atoms with E-state index in [-0.39, 0.29) is 5.91 Å². The van der Waals surface area contributed by atoms with Gasteiger partial charge in [-0.3, -0.25) is 9.89 Å². The first kappa shape index (κ1) is 15.5. The number of pyridine rings is 1. The third-order valence-corrected chi connectivity index (χ3v) is 4.30. The van der Waals surface area contributed by atoms with Gasteiger partial charge in [-0.2, -0.15) is 5.10 Å². The van der Waals surface area contributed by atoms with Crippen molar-refractivity contribution in [3.05, 3.63) is 35.3 Å². The molecule has 3 heterocycles. The number of anilines is 2. The van der Waals surface area contributed by atoms with Crippen molar-refractivity contribution in [3.8, 4) is 0 Å². The summed E-state index contributed by atoms with van der Waals surface area (Å²) in [4.78, 5) is 21.3. The molecule has 1 saturated heterocycles. The summed E-state index contributed by atoms with van der Waals surface area (Å²) in [5.41, 5.74) is 2.86. The Morgan fingerprint density at radius 2 is 1.96 bits per heavy atom. The molecule has 2 N–H and O–H groups in total. The smallest absolute Gasteiger partial charge is 0.276 e. The topological polar surface area (TPSA) is 77.2 Å². The van der Waals surface area contributed by atoms with Gasteiger partial charge in [0.1, 0.15) is 5.82 Å². The predicted molar refractivity (Wildman–Crippen MR) is 90.0 cm³/mol. The summed E-state index contributed by atoms with van der Waals surface area (Å²) in [7, 11) is 2.13. The molecule has 2 aromatic rings. The Kier molecular flexibility index (Phi) is 4.29. The zero-order chi connectivity index (χ0) is 16.4. The van der Waals surface area contributed by atoms with Crippen LogP contribution < -0.4 is 10.2 Å². The Hall–Kier alpha value is -2.41. The van der Waals surface area contributed by atoms with Crippen molar-refractivity contribution in [1.29, 1.82) is 0 Å². The number of hydrogen-bond donors (Lipinski definition) is 2. The lowest BCUT2D eigenvalue weighted by atomic mass is 10.2. The van der Waals surface area contributed by atoms with Gasteiger partial charge in [0.05, 0.1) is 11.9 Å². The number of nitrogens with one attached hydrogen (secondary N) is 2. The minimum atomic E-state index is -0.221. The molecule has 0 unspecified atom stereocenters. The van der Waals surface area contributed by atoms with E-state index >= 15 is 0 Å². The largest absolute Gasteiger partial charge is 0.354 e. The molecule has 7 heteroatoms. The van der Waals surface area contributed by atoms with E-state index in [9.17, 15) is 4.79 Å². The standard InChI is InChI=1S/C16H22N6O/c1-11-12(2)19-20-15(11)16(23)18-13-4-5-14(17-10-13)22-8-6-21(3)7-9-22/h4-5,10H,6-9H2,1-3H3,(H,18,23)(H,19,20). The quantitative estimate of drug-likeness (QED) is 0.896. The maximum absolute atomic E-state index is 12.2. The molecule has 0 spiro atoms. The van der Waals surface area contributed by atoms with Crippen molar-refractivity contribution in [2.45, 2.75) is 13.8 Å². The SMILES string of the molecule is Cc1[nH]nc(C(=O)Nc2ccc(N3CCN(C)CC3)nc2)c1C. The second-order valence-corrected chi connectivity index (χ2v) is 5.97. The number of carbonyl (C=O) groups excluding carboxylic acids is 1.